The first kappa shape index (κ1) is 20.0. The van der Waals surface area contributed by atoms with Gasteiger partial charge < -0.3 is 0 Å². The second-order valence-electron chi connectivity index (χ2n) is 6.19. The van der Waals surface area contributed by atoms with Gasteiger partial charge in [0, 0.05) is 11.8 Å². The van der Waals surface area contributed by atoms with E-state index in [4.69, 9.17) is 5.41 Å². The maximum absolute atomic E-state index is 8.29. The number of nitrogens with zero attached hydrogens (tertiary/aromatic N) is 2. The molecular weight excluding hydrogens is 330 g/mol. The molecule has 0 atom stereocenters. The molecule has 2 aromatic carbocycles. The summed E-state index contributed by atoms with van der Waals surface area (Å²) < 4.78 is 0. The number of benzene rings is 2. The van der Waals surface area contributed by atoms with E-state index in [1.165, 1.54) is 0 Å². The first-order valence-corrected chi connectivity index (χ1v) is 8.84. The highest BCUT2D eigenvalue weighted by Crippen LogP contribution is 2.15. The van der Waals surface area contributed by atoms with Crippen molar-refractivity contribution in [1.82, 2.24) is 0 Å². The van der Waals surface area contributed by atoms with Crippen molar-refractivity contribution in [3.8, 4) is 0 Å². The number of hydrogen-bond donors (Lipinski definition) is 1. The van der Waals surface area contributed by atoms with E-state index in [1.54, 1.807) is 6.21 Å². The lowest BCUT2D eigenvalue weighted by Gasteiger charge is -2.06. The van der Waals surface area contributed by atoms with Gasteiger partial charge in [0.15, 0.2) is 5.84 Å². The van der Waals surface area contributed by atoms with E-state index in [0.29, 0.717) is 5.84 Å². The molecule has 3 heteroatoms. The van der Waals surface area contributed by atoms with E-state index in [1.807, 2.05) is 93.6 Å². The molecule has 0 aromatic heterocycles. The van der Waals surface area contributed by atoms with Gasteiger partial charge in [0.25, 0.3) is 0 Å². The Labute approximate surface area is 161 Å². The molecule has 2 rings (SSSR count). The Hall–Kier alpha value is -3.33. The number of aliphatic imine (C=N–C) groups is 2. The van der Waals surface area contributed by atoms with Gasteiger partial charge >= 0.3 is 0 Å². The van der Waals surface area contributed by atoms with Gasteiger partial charge in [-0.25, -0.2) is 9.98 Å². The molecule has 0 heterocycles. The summed E-state index contributed by atoms with van der Waals surface area (Å²) in [6.45, 7) is 9.78. The van der Waals surface area contributed by atoms with E-state index in [9.17, 15) is 0 Å². The van der Waals surface area contributed by atoms with Gasteiger partial charge in [-0.1, -0.05) is 78.9 Å². The highest BCUT2D eigenvalue weighted by molar-refractivity contribution is 6.13. The SMILES string of the molecule is C=C(C)c1cccc(C(N=Cc2ccccc2)=NC(=N)/C(C)=C/C=C\C)c1. The number of hydrogen-bond acceptors (Lipinski definition) is 1. The molecule has 0 bridgehead atoms. The van der Waals surface area contributed by atoms with Gasteiger partial charge in [-0.15, -0.1) is 0 Å². The molecule has 0 aliphatic rings. The molecule has 0 radical (unpaired) electrons. The maximum atomic E-state index is 8.29. The quantitative estimate of drug-likeness (QED) is 0.383. The van der Waals surface area contributed by atoms with E-state index in [2.05, 4.69) is 16.6 Å². The Morgan fingerprint density at radius 3 is 2.37 bits per heavy atom. The van der Waals surface area contributed by atoms with Gasteiger partial charge in [0.05, 0.1) is 0 Å². The third kappa shape index (κ3) is 6.15. The smallest absolute Gasteiger partial charge is 0.161 e. The summed E-state index contributed by atoms with van der Waals surface area (Å²) in [5.74, 6) is 0.689. The van der Waals surface area contributed by atoms with Crippen molar-refractivity contribution in [1.29, 1.82) is 5.41 Å². The van der Waals surface area contributed by atoms with Crippen molar-refractivity contribution in [2.24, 2.45) is 9.98 Å². The molecule has 0 spiro atoms. The van der Waals surface area contributed by atoms with Crippen molar-refractivity contribution in [3.63, 3.8) is 0 Å². The minimum absolute atomic E-state index is 0.189. The van der Waals surface area contributed by atoms with Gasteiger partial charge in [-0.05, 0) is 43.5 Å². The fraction of sp³-hybridized carbons (Fsp3) is 0.125. The number of nitrogens with one attached hydrogen (secondary N) is 1. The van der Waals surface area contributed by atoms with Crippen LogP contribution in [-0.2, 0) is 0 Å². The van der Waals surface area contributed by atoms with Crippen LogP contribution >= 0.6 is 0 Å². The lowest BCUT2D eigenvalue weighted by Crippen LogP contribution is -2.05. The van der Waals surface area contributed by atoms with Crippen molar-refractivity contribution < 1.29 is 0 Å². The Balaban J connectivity index is 2.46. The molecule has 0 saturated heterocycles. The zero-order valence-corrected chi connectivity index (χ0v) is 16.1. The fourth-order valence-corrected chi connectivity index (χ4v) is 2.28. The molecule has 0 amide bonds. The lowest BCUT2D eigenvalue weighted by atomic mass is 10.1. The van der Waals surface area contributed by atoms with Crippen LogP contribution in [0.1, 0.15) is 37.5 Å². The molecule has 0 unspecified atom stereocenters. The van der Waals surface area contributed by atoms with Crippen LogP contribution < -0.4 is 0 Å². The highest BCUT2D eigenvalue weighted by Gasteiger charge is 2.06. The second-order valence-corrected chi connectivity index (χ2v) is 6.19. The normalized spacial score (nSPS) is 12.7. The molecule has 0 aliphatic carbocycles. The first-order valence-electron chi connectivity index (χ1n) is 8.84. The number of amidine groups is 2. The Kier molecular flexibility index (Phi) is 7.38. The van der Waals surface area contributed by atoms with Gasteiger partial charge in [0.1, 0.15) is 5.84 Å². The topological polar surface area (TPSA) is 48.6 Å². The van der Waals surface area contributed by atoms with E-state index >= 15 is 0 Å². The van der Waals surface area contributed by atoms with Gasteiger partial charge in [-0.3, -0.25) is 5.41 Å². The predicted molar refractivity (Wildman–Crippen MR) is 118 cm³/mol. The summed E-state index contributed by atoms with van der Waals surface area (Å²) in [6, 6.07) is 17.8. The van der Waals surface area contributed by atoms with Crippen LogP contribution in [-0.4, -0.2) is 17.9 Å². The molecule has 0 saturated carbocycles. The number of allylic oxidation sites excluding steroid dienone is 4. The summed E-state index contributed by atoms with van der Waals surface area (Å²) >= 11 is 0. The fourth-order valence-electron chi connectivity index (χ4n) is 2.28. The molecule has 3 nitrogen and oxygen atoms in total. The zero-order chi connectivity index (χ0) is 19.6. The van der Waals surface area contributed by atoms with Gasteiger partial charge in [-0.2, -0.15) is 0 Å². The Bertz CT molecular complexity index is 929. The summed E-state index contributed by atoms with van der Waals surface area (Å²) in [5.41, 5.74) is 4.61. The van der Waals surface area contributed by atoms with Gasteiger partial charge in [0.2, 0.25) is 0 Å². The van der Waals surface area contributed by atoms with Crippen LogP contribution in [0.3, 0.4) is 0 Å². The van der Waals surface area contributed by atoms with Crippen LogP contribution in [0, 0.1) is 5.41 Å². The van der Waals surface area contributed by atoms with E-state index < -0.39 is 0 Å². The predicted octanol–water partition coefficient (Wildman–Crippen LogP) is 6.09. The average molecular weight is 355 g/mol. The van der Waals surface area contributed by atoms with Crippen molar-refractivity contribution >= 4 is 23.5 Å². The van der Waals surface area contributed by atoms with Crippen LogP contribution in [0.25, 0.3) is 5.57 Å². The molecule has 27 heavy (non-hydrogen) atoms. The summed E-state index contributed by atoms with van der Waals surface area (Å²) in [6.07, 6.45) is 7.46. The zero-order valence-electron chi connectivity index (χ0n) is 16.1. The highest BCUT2D eigenvalue weighted by atomic mass is 14.9. The largest absolute Gasteiger partial charge is 0.283 e. The summed E-state index contributed by atoms with van der Waals surface area (Å²) in [4.78, 5) is 9.06. The number of rotatable bonds is 5. The second kappa shape index (κ2) is 9.97. The van der Waals surface area contributed by atoms with E-state index in [-0.39, 0.29) is 5.84 Å². The molecule has 2 aromatic rings. The van der Waals surface area contributed by atoms with Crippen LogP contribution in [0.4, 0.5) is 0 Å². The summed E-state index contributed by atoms with van der Waals surface area (Å²) in [5, 5.41) is 8.29. The molecule has 0 fully saturated rings. The molecule has 1 N–H and O–H groups in total. The summed E-state index contributed by atoms with van der Waals surface area (Å²) in [7, 11) is 0. The first-order chi connectivity index (χ1) is 13.0. The van der Waals surface area contributed by atoms with Crippen molar-refractivity contribution in [3.05, 3.63) is 102 Å². The van der Waals surface area contributed by atoms with Crippen molar-refractivity contribution in [2.75, 3.05) is 0 Å². The third-order valence-corrected chi connectivity index (χ3v) is 3.88. The average Bonchev–Trinajstić information content (AvgIpc) is 2.69. The van der Waals surface area contributed by atoms with E-state index in [0.717, 1.165) is 27.8 Å². The molecule has 0 aliphatic heterocycles. The minimum atomic E-state index is 0.189. The van der Waals surface area contributed by atoms with Crippen molar-refractivity contribution in [2.45, 2.75) is 20.8 Å². The Morgan fingerprint density at radius 1 is 1.00 bits per heavy atom. The third-order valence-electron chi connectivity index (χ3n) is 3.88. The monoisotopic (exact) mass is 355 g/mol. The standard InChI is InChI=1S/C24H25N3/c1-5-6-11-19(4)23(25)27-24(26-17-20-12-8-7-9-13-20)22-15-10-14-21(16-22)18(2)3/h5-17,25H,2H2,1,3-4H3/b6-5-,19-11+,25-23?,26-17?,27-24?. The van der Waals surface area contributed by atoms with Crippen LogP contribution in [0.15, 0.2) is 95.0 Å². The van der Waals surface area contributed by atoms with Crippen LogP contribution in [0.2, 0.25) is 0 Å². The minimum Gasteiger partial charge on any atom is -0.283 e. The molecule has 136 valence electrons. The lowest BCUT2D eigenvalue weighted by molar-refractivity contribution is 1.37. The maximum Gasteiger partial charge on any atom is 0.161 e. The molecular formula is C24H25N3. The van der Waals surface area contributed by atoms with Crippen LogP contribution in [0.5, 0.6) is 0 Å². The Morgan fingerprint density at radius 2 is 1.70 bits per heavy atom.